The van der Waals surface area contributed by atoms with E-state index in [-0.39, 0.29) is 11.5 Å². The number of unbranched alkanes of at least 4 members (excludes halogenated alkanes) is 9. The second-order valence-corrected chi connectivity index (χ2v) is 8.99. The molecule has 3 nitrogen and oxygen atoms in total. The average molecular weight is 399 g/mol. The summed E-state index contributed by atoms with van der Waals surface area (Å²) in [6.45, 7) is 4.83. The summed E-state index contributed by atoms with van der Waals surface area (Å²) in [5.74, 6) is 0. The lowest BCUT2D eigenvalue weighted by Gasteiger charge is -2.38. The maximum absolute atomic E-state index is 10.4. The van der Waals surface area contributed by atoms with Gasteiger partial charge in [0, 0.05) is 19.6 Å². The van der Waals surface area contributed by atoms with Crippen LogP contribution in [0.3, 0.4) is 0 Å². The number of nitriles is 1. The lowest BCUT2D eigenvalue weighted by molar-refractivity contribution is 0.0825. The number of aliphatic hydroxyl groups is 1. The van der Waals surface area contributed by atoms with Crippen LogP contribution in [-0.2, 0) is 5.41 Å². The largest absolute Gasteiger partial charge is 0.392 e. The van der Waals surface area contributed by atoms with Crippen molar-refractivity contribution in [2.45, 2.75) is 102 Å². The lowest BCUT2D eigenvalue weighted by atomic mass is 9.74. The van der Waals surface area contributed by atoms with Crippen LogP contribution in [0.1, 0.15) is 96.0 Å². The zero-order valence-electron chi connectivity index (χ0n) is 18.6. The average Bonchev–Trinajstić information content (AvgIpc) is 2.76. The van der Waals surface area contributed by atoms with Crippen LogP contribution in [0, 0.1) is 11.3 Å². The number of aliphatic hydroxyl groups excluding tert-OH is 1. The number of hydrogen-bond acceptors (Lipinski definition) is 3. The smallest absolute Gasteiger partial charge is 0.0846 e. The molecule has 1 heterocycles. The number of nitrogens with zero attached hydrogens (tertiary/aromatic N) is 2. The van der Waals surface area contributed by atoms with Crippen molar-refractivity contribution in [1.82, 2.24) is 4.90 Å². The first-order chi connectivity index (χ1) is 14.2. The van der Waals surface area contributed by atoms with Gasteiger partial charge in [0.05, 0.1) is 17.6 Å². The van der Waals surface area contributed by atoms with Crippen molar-refractivity contribution < 1.29 is 5.11 Å². The summed E-state index contributed by atoms with van der Waals surface area (Å²) in [4.78, 5) is 2.35. The Labute approximate surface area is 179 Å². The highest BCUT2D eigenvalue weighted by Crippen LogP contribution is 2.34. The maximum Gasteiger partial charge on any atom is 0.0846 e. The molecular weight excluding hydrogens is 356 g/mol. The van der Waals surface area contributed by atoms with Crippen molar-refractivity contribution in [3.05, 3.63) is 35.9 Å². The summed E-state index contributed by atoms with van der Waals surface area (Å²) >= 11 is 0. The zero-order chi connectivity index (χ0) is 20.8. The minimum atomic E-state index is -0.348. The summed E-state index contributed by atoms with van der Waals surface area (Å²) in [5, 5.41) is 20.2. The van der Waals surface area contributed by atoms with E-state index in [9.17, 15) is 10.4 Å². The Bertz CT molecular complexity index is 572. The van der Waals surface area contributed by atoms with Crippen LogP contribution in [-0.4, -0.2) is 35.7 Å². The Morgan fingerprint density at radius 2 is 1.48 bits per heavy atom. The van der Waals surface area contributed by atoms with Gasteiger partial charge in [0.1, 0.15) is 0 Å². The molecule has 162 valence electrons. The molecule has 0 unspecified atom stereocenters. The molecular formula is C26H42N2O. The molecule has 0 bridgehead atoms. The molecule has 0 amide bonds. The van der Waals surface area contributed by atoms with Crippen LogP contribution in [0.5, 0.6) is 0 Å². The molecule has 29 heavy (non-hydrogen) atoms. The molecule has 1 aliphatic rings. The van der Waals surface area contributed by atoms with Gasteiger partial charge in [-0.25, -0.2) is 0 Å². The van der Waals surface area contributed by atoms with Gasteiger partial charge in [0.25, 0.3) is 0 Å². The van der Waals surface area contributed by atoms with Gasteiger partial charge >= 0.3 is 0 Å². The van der Waals surface area contributed by atoms with Gasteiger partial charge in [-0.3, -0.25) is 0 Å². The SMILES string of the molecule is CCCCCCCCCCCC[C@H](O)CN1CCC(C#N)(c2ccccc2)CC1. The summed E-state index contributed by atoms with van der Waals surface area (Å²) in [6, 6.07) is 12.8. The second kappa shape index (κ2) is 13.8. The van der Waals surface area contributed by atoms with Crippen molar-refractivity contribution in [1.29, 1.82) is 5.26 Å². The Kier molecular flexibility index (Phi) is 11.4. The fraction of sp³-hybridized carbons (Fsp3) is 0.731. The Morgan fingerprint density at radius 1 is 0.931 bits per heavy atom. The number of likely N-dealkylation sites (tertiary alicyclic amines) is 1. The summed E-state index contributed by atoms with van der Waals surface area (Å²) in [5.41, 5.74) is 0.798. The van der Waals surface area contributed by atoms with E-state index in [1.807, 2.05) is 18.2 Å². The Balaban J connectivity index is 1.54. The molecule has 0 radical (unpaired) electrons. The van der Waals surface area contributed by atoms with E-state index in [4.69, 9.17) is 0 Å². The number of piperidine rings is 1. The third-order valence-electron chi connectivity index (χ3n) is 6.61. The van der Waals surface area contributed by atoms with Crippen molar-refractivity contribution in [2.75, 3.05) is 19.6 Å². The predicted octanol–water partition coefficient (Wildman–Crippen LogP) is 6.22. The van der Waals surface area contributed by atoms with E-state index < -0.39 is 0 Å². The highest BCUT2D eigenvalue weighted by atomic mass is 16.3. The molecule has 0 aromatic heterocycles. The van der Waals surface area contributed by atoms with E-state index in [2.05, 4.69) is 30.0 Å². The van der Waals surface area contributed by atoms with E-state index in [0.717, 1.165) is 50.9 Å². The Morgan fingerprint density at radius 3 is 2.03 bits per heavy atom. The number of rotatable bonds is 14. The van der Waals surface area contributed by atoms with Crippen LogP contribution in [0.2, 0.25) is 0 Å². The third kappa shape index (κ3) is 8.49. The fourth-order valence-corrected chi connectivity index (χ4v) is 4.60. The molecule has 0 aliphatic carbocycles. The molecule has 1 atom stereocenters. The number of hydrogen-bond donors (Lipinski definition) is 1. The summed E-state index contributed by atoms with van der Waals surface area (Å²) in [6.07, 6.45) is 15.7. The highest BCUT2D eigenvalue weighted by Gasteiger charge is 2.36. The Hall–Kier alpha value is -1.37. The van der Waals surface area contributed by atoms with Crippen LogP contribution in [0.25, 0.3) is 0 Å². The van der Waals surface area contributed by atoms with Crippen LogP contribution >= 0.6 is 0 Å². The topological polar surface area (TPSA) is 47.3 Å². The van der Waals surface area contributed by atoms with Crippen molar-refractivity contribution in [2.24, 2.45) is 0 Å². The van der Waals surface area contributed by atoms with Gasteiger partial charge in [0.2, 0.25) is 0 Å². The maximum atomic E-state index is 10.4. The summed E-state index contributed by atoms with van der Waals surface area (Å²) in [7, 11) is 0. The first-order valence-electron chi connectivity index (χ1n) is 12.1. The number of β-amino-alcohol motifs (C(OH)–C–C–N with tert-alkyl or cyclic N) is 1. The monoisotopic (exact) mass is 398 g/mol. The molecule has 0 spiro atoms. The first-order valence-corrected chi connectivity index (χ1v) is 12.1. The minimum absolute atomic E-state index is 0.227. The quantitative estimate of drug-likeness (QED) is 0.379. The van der Waals surface area contributed by atoms with E-state index >= 15 is 0 Å². The van der Waals surface area contributed by atoms with Gasteiger partial charge in [-0.2, -0.15) is 5.26 Å². The minimum Gasteiger partial charge on any atom is -0.392 e. The van der Waals surface area contributed by atoms with Crippen molar-refractivity contribution >= 4 is 0 Å². The zero-order valence-corrected chi connectivity index (χ0v) is 18.6. The van der Waals surface area contributed by atoms with Crippen molar-refractivity contribution in [3.8, 4) is 6.07 Å². The van der Waals surface area contributed by atoms with E-state index in [0.29, 0.717) is 0 Å². The summed E-state index contributed by atoms with van der Waals surface area (Å²) < 4.78 is 0. The lowest BCUT2D eigenvalue weighted by Crippen LogP contribution is -2.44. The van der Waals surface area contributed by atoms with Crippen LogP contribution in [0.15, 0.2) is 30.3 Å². The molecule has 1 fully saturated rings. The van der Waals surface area contributed by atoms with Gasteiger partial charge in [-0.1, -0.05) is 101 Å². The highest BCUT2D eigenvalue weighted by molar-refractivity contribution is 5.33. The van der Waals surface area contributed by atoms with Crippen LogP contribution < -0.4 is 0 Å². The molecule has 1 N–H and O–H groups in total. The van der Waals surface area contributed by atoms with E-state index in [1.54, 1.807) is 0 Å². The second-order valence-electron chi connectivity index (χ2n) is 8.99. The fourth-order valence-electron chi connectivity index (χ4n) is 4.60. The molecule has 2 rings (SSSR count). The molecule has 1 aromatic rings. The van der Waals surface area contributed by atoms with Crippen LogP contribution in [0.4, 0.5) is 0 Å². The predicted molar refractivity (Wildman–Crippen MR) is 122 cm³/mol. The molecule has 1 aromatic carbocycles. The van der Waals surface area contributed by atoms with Crippen molar-refractivity contribution in [3.63, 3.8) is 0 Å². The van der Waals surface area contributed by atoms with Gasteiger partial charge in [0.15, 0.2) is 0 Å². The number of benzene rings is 1. The van der Waals surface area contributed by atoms with E-state index in [1.165, 1.54) is 57.8 Å². The molecule has 0 saturated carbocycles. The standard InChI is InChI=1S/C26H42N2O/c1-2-3-4-5-6-7-8-9-10-14-17-25(29)22-28-20-18-26(23-27,19-21-28)24-15-12-11-13-16-24/h11-13,15-16,25,29H,2-10,14,17-22H2,1H3/t25-/m0/s1. The molecule has 1 saturated heterocycles. The third-order valence-corrected chi connectivity index (χ3v) is 6.61. The molecule has 3 heteroatoms. The normalized spacial score (nSPS) is 17.7. The van der Waals surface area contributed by atoms with Gasteiger partial charge < -0.3 is 10.0 Å². The van der Waals surface area contributed by atoms with Gasteiger partial charge in [-0.05, 0) is 24.8 Å². The van der Waals surface area contributed by atoms with Gasteiger partial charge in [-0.15, -0.1) is 0 Å². The molecule has 1 aliphatic heterocycles. The first kappa shape index (κ1) is 23.9.